The van der Waals surface area contributed by atoms with Gasteiger partial charge in [-0.15, -0.1) is 0 Å². The molecular formula is C20H19N3. The first-order valence-electron chi connectivity index (χ1n) is 8.06. The zero-order valence-corrected chi connectivity index (χ0v) is 12.9. The van der Waals surface area contributed by atoms with E-state index in [0.717, 1.165) is 24.0 Å². The van der Waals surface area contributed by atoms with Gasteiger partial charge in [0, 0.05) is 17.5 Å². The third-order valence-corrected chi connectivity index (χ3v) is 4.53. The lowest BCUT2D eigenvalue weighted by molar-refractivity contribution is 0.855. The minimum absolute atomic E-state index is 0.335. The van der Waals surface area contributed by atoms with Crippen molar-refractivity contribution >= 4 is 22.8 Å². The van der Waals surface area contributed by atoms with Crippen molar-refractivity contribution in [3.8, 4) is 0 Å². The zero-order valence-electron chi connectivity index (χ0n) is 12.9. The highest BCUT2D eigenvalue weighted by molar-refractivity contribution is 5.89. The number of nitrogens with two attached hydrogens (primary N) is 1. The summed E-state index contributed by atoms with van der Waals surface area (Å²) in [6, 6.07) is 17.2. The van der Waals surface area contributed by atoms with Gasteiger partial charge in [-0.2, -0.15) is 0 Å². The van der Waals surface area contributed by atoms with E-state index in [4.69, 9.17) is 5.73 Å². The number of aliphatic imine (C=N–C) groups is 1. The quantitative estimate of drug-likeness (QED) is 0.795. The van der Waals surface area contributed by atoms with E-state index in [0.29, 0.717) is 12.5 Å². The fourth-order valence-corrected chi connectivity index (χ4v) is 3.38. The van der Waals surface area contributed by atoms with E-state index in [1.165, 1.54) is 22.1 Å². The van der Waals surface area contributed by atoms with Crippen molar-refractivity contribution < 1.29 is 0 Å². The lowest BCUT2D eigenvalue weighted by atomic mass is 9.84. The number of benzene rings is 2. The molecule has 0 bridgehead atoms. The van der Waals surface area contributed by atoms with Crippen LogP contribution in [0.1, 0.15) is 29.0 Å². The molecule has 1 atom stereocenters. The smallest absolute Gasteiger partial charge is 0.0853 e. The molecule has 0 spiro atoms. The van der Waals surface area contributed by atoms with Crippen LogP contribution in [0.4, 0.5) is 5.69 Å². The van der Waals surface area contributed by atoms with Crippen LogP contribution in [0.3, 0.4) is 0 Å². The van der Waals surface area contributed by atoms with Crippen LogP contribution in [-0.2, 0) is 6.42 Å². The van der Waals surface area contributed by atoms with Gasteiger partial charge in [-0.1, -0.05) is 42.5 Å². The molecule has 2 aromatic carbocycles. The summed E-state index contributed by atoms with van der Waals surface area (Å²) in [6.07, 6.45) is 5.76. The lowest BCUT2D eigenvalue weighted by Gasteiger charge is -2.23. The molecule has 1 aromatic heterocycles. The molecule has 3 aromatic rings. The van der Waals surface area contributed by atoms with Gasteiger partial charge in [0.1, 0.15) is 0 Å². The monoisotopic (exact) mass is 301 g/mol. The molecule has 0 aliphatic carbocycles. The summed E-state index contributed by atoms with van der Waals surface area (Å²) < 4.78 is 0. The second kappa shape index (κ2) is 5.94. The fourth-order valence-electron chi connectivity index (χ4n) is 3.38. The highest BCUT2D eigenvalue weighted by atomic mass is 14.8. The SMILES string of the molecule is NCCc1ccc(C2CC=Nc3cnc4ccccc4c32)cc1. The van der Waals surface area contributed by atoms with Gasteiger partial charge >= 0.3 is 0 Å². The molecule has 1 aliphatic heterocycles. The highest BCUT2D eigenvalue weighted by Crippen LogP contribution is 2.40. The summed E-state index contributed by atoms with van der Waals surface area (Å²) in [7, 11) is 0. The lowest BCUT2D eigenvalue weighted by Crippen LogP contribution is -2.08. The van der Waals surface area contributed by atoms with Crippen molar-refractivity contribution in [3.05, 3.63) is 71.4 Å². The van der Waals surface area contributed by atoms with E-state index >= 15 is 0 Å². The predicted octanol–water partition coefficient (Wildman–Crippen LogP) is 3.97. The Labute approximate surface area is 135 Å². The minimum Gasteiger partial charge on any atom is -0.330 e. The van der Waals surface area contributed by atoms with E-state index in [1.54, 1.807) is 0 Å². The Balaban J connectivity index is 1.83. The Morgan fingerprint density at radius 3 is 2.70 bits per heavy atom. The molecule has 0 radical (unpaired) electrons. The summed E-state index contributed by atoms with van der Waals surface area (Å²) in [6.45, 7) is 0.689. The molecule has 3 heteroatoms. The van der Waals surface area contributed by atoms with Gasteiger partial charge in [0.15, 0.2) is 0 Å². The summed E-state index contributed by atoms with van der Waals surface area (Å²) in [4.78, 5) is 9.10. The zero-order chi connectivity index (χ0) is 15.6. The first-order valence-corrected chi connectivity index (χ1v) is 8.06. The number of hydrogen-bond donors (Lipinski definition) is 1. The van der Waals surface area contributed by atoms with Gasteiger partial charge in [-0.3, -0.25) is 9.98 Å². The van der Waals surface area contributed by atoms with Crippen LogP contribution in [0.5, 0.6) is 0 Å². The molecule has 2 N–H and O–H groups in total. The molecule has 0 saturated carbocycles. The maximum absolute atomic E-state index is 5.64. The predicted molar refractivity (Wildman–Crippen MR) is 95.6 cm³/mol. The third kappa shape index (κ3) is 2.53. The van der Waals surface area contributed by atoms with Crippen LogP contribution in [-0.4, -0.2) is 17.7 Å². The molecule has 0 amide bonds. The molecule has 114 valence electrons. The summed E-state index contributed by atoms with van der Waals surface area (Å²) in [5, 5.41) is 1.21. The molecule has 0 fully saturated rings. The topological polar surface area (TPSA) is 51.3 Å². The highest BCUT2D eigenvalue weighted by Gasteiger charge is 2.22. The van der Waals surface area contributed by atoms with Crippen molar-refractivity contribution in [1.82, 2.24) is 4.98 Å². The molecule has 23 heavy (non-hydrogen) atoms. The van der Waals surface area contributed by atoms with Crippen LogP contribution in [0.25, 0.3) is 10.9 Å². The van der Waals surface area contributed by atoms with E-state index < -0.39 is 0 Å². The summed E-state index contributed by atoms with van der Waals surface area (Å²) >= 11 is 0. The first kappa shape index (κ1) is 14.1. The van der Waals surface area contributed by atoms with Crippen LogP contribution < -0.4 is 5.73 Å². The number of hydrogen-bond acceptors (Lipinski definition) is 3. The number of para-hydroxylation sites is 1. The van der Waals surface area contributed by atoms with Gasteiger partial charge in [0.05, 0.1) is 17.4 Å². The number of nitrogens with zero attached hydrogens (tertiary/aromatic N) is 2. The van der Waals surface area contributed by atoms with Crippen LogP contribution >= 0.6 is 0 Å². The molecule has 1 aliphatic rings. The van der Waals surface area contributed by atoms with Gasteiger partial charge in [0.2, 0.25) is 0 Å². The van der Waals surface area contributed by atoms with Crippen LogP contribution in [0.2, 0.25) is 0 Å². The summed E-state index contributed by atoms with van der Waals surface area (Å²) in [5.41, 5.74) is 11.6. The normalized spacial score (nSPS) is 16.5. The minimum atomic E-state index is 0.335. The Kier molecular flexibility index (Phi) is 3.64. The standard InChI is InChI=1S/C20H19N3/c21-11-9-14-5-7-15(8-6-14)16-10-12-22-19-13-23-18-4-2-1-3-17(18)20(16)19/h1-8,12-13,16H,9-11,21H2. The molecule has 4 rings (SSSR count). The van der Waals surface area contributed by atoms with Gasteiger partial charge in [0.25, 0.3) is 0 Å². The second-order valence-electron chi connectivity index (χ2n) is 5.95. The van der Waals surface area contributed by atoms with E-state index in [9.17, 15) is 0 Å². The molecule has 2 heterocycles. The summed E-state index contributed by atoms with van der Waals surface area (Å²) in [5.74, 6) is 0.335. The van der Waals surface area contributed by atoms with Crippen LogP contribution in [0.15, 0.2) is 59.7 Å². The van der Waals surface area contributed by atoms with Crippen molar-refractivity contribution in [1.29, 1.82) is 0 Å². The number of rotatable bonds is 3. The van der Waals surface area contributed by atoms with E-state index in [-0.39, 0.29) is 0 Å². The average molecular weight is 301 g/mol. The average Bonchev–Trinajstić information content (AvgIpc) is 2.62. The van der Waals surface area contributed by atoms with Gasteiger partial charge < -0.3 is 5.73 Å². The fraction of sp³-hybridized carbons (Fsp3) is 0.200. The molecule has 3 nitrogen and oxygen atoms in total. The number of aromatic nitrogens is 1. The third-order valence-electron chi connectivity index (χ3n) is 4.53. The molecule has 1 unspecified atom stereocenters. The number of pyridine rings is 1. The largest absolute Gasteiger partial charge is 0.330 e. The van der Waals surface area contributed by atoms with Crippen molar-refractivity contribution in [2.45, 2.75) is 18.8 Å². The molecular weight excluding hydrogens is 282 g/mol. The Morgan fingerprint density at radius 1 is 1.04 bits per heavy atom. The van der Waals surface area contributed by atoms with Crippen molar-refractivity contribution in [3.63, 3.8) is 0 Å². The van der Waals surface area contributed by atoms with E-state index in [2.05, 4.69) is 52.4 Å². The van der Waals surface area contributed by atoms with Crippen LogP contribution in [0, 0.1) is 0 Å². The number of fused-ring (bicyclic) bond motifs is 3. The maximum Gasteiger partial charge on any atom is 0.0853 e. The van der Waals surface area contributed by atoms with E-state index in [1.807, 2.05) is 18.5 Å². The van der Waals surface area contributed by atoms with Crippen molar-refractivity contribution in [2.24, 2.45) is 10.7 Å². The maximum atomic E-state index is 5.64. The Bertz CT molecular complexity index is 866. The Morgan fingerprint density at radius 2 is 1.87 bits per heavy atom. The van der Waals surface area contributed by atoms with Gasteiger partial charge in [-0.25, -0.2) is 0 Å². The second-order valence-corrected chi connectivity index (χ2v) is 5.95. The first-order chi connectivity index (χ1) is 11.4. The molecule has 0 saturated heterocycles. The van der Waals surface area contributed by atoms with Crippen molar-refractivity contribution in [2.75, 3.05) is 6.54 Å². The Hall–Kier alpha value is -2.52. The van der Waals surface area contributed by atoms with Gasteiger partial charge in [-0.05, 0) is 42.1 Å².